The van der Waals surface area contributed by atoms with Crippen molar-refractivity contribution in [2.75, 3.05) is 13.1 Å². The Kier molecular flexibility index (Phi) is 3.10. The molecule has 0 radical (unpaired) electrons. The van der Waals surface area contributed by atoms with Crippen LogP contribution in [0.2, 0.25) is 0 Å². The largest absolute Gasteiger partial charge is 0.317 e. The average molecular weight is 207 g/mol. The molecule has 0 aliphatic carbocycles. The van der Waals surface area contributed by atoms with Gasteiger partial charge in [0, 0.05) is 12.7 Å². The molecular weight excluding hydrogens is 186 g/mol. The highest BCUT2D eigenvalue weighted by atomic mass is 15.3. The third kappa shape index (κ3) is 2.07. The maximum absolute atomic E-state index is 4.33. The third-order valence-electron chi connectivity index (χ3n) is 3.85. The molecule has 0 saturated carbocycles. The Morgan fingerprint density at radius 3 is 2.67 bits per heavy atom. The summed E-state index contributed by atoms with van der Waals surface area (Å²) in [6.07, 6.45) is 4.65. The predicted molar refractivity (Wildman–Crippen MR) is 62.0 cm³/mol. The second kappa shape index (κ2) is 4.35. The van der Waals surface area contributed by atoms with Crippen molar-refractivity contribution in [3.05, 3.63) is 17.5 Å². The summed E-state index contributed by atoms with van der Waals surface area (Å²) >= 11 is 0. The number of rotatable bonds is 2. The van der Waals surface area contributed by atoms with E-state index in [0.29, 0.717) is 5.92 Å². The molecular formula is C12H21N3. The van der Waals surface area contributed by atoms with Gasteiger partial charge in [0.25, 0.3) is 0 Å². The van der Waals surface area contributed by atoms with Gasteiger partial charge in [-0.3, -0.25) is 4.68 Å². The molecule has 84 valence electrons. The highest BCUT2D eigenvalue weighted by Crippen LogP contribution is 2.31. The topological polar surface area (TPSA) is 29.9 Å². The van der Waals surface area contributed by atoms with E-state index in [9.17, 15) is 0 Å². The first-order valence-electron chi connectivity index (χ1n) is 5.89. The fraction of sp³-hybridized carbons (Fsp3) is 0.750. The van der Waals surface area contributed by atoms with Crippen LogP contribution in [0.5, 0.6) is 0 Å². The van der Waals surface area contributed by atoms with E-state index in [4.69, 9.17) is 0 Å². The van der Waals surface area contributed by atoms with Crippen LogP contribution >= 0.6 is 0 Å². The Morgan fingerprint density at radius 1 is 1.47 bits per heavy atom. The molecule has 1 aliphatic rings. The van der Waals surface area contributed by atoms with E-state index >= 15 is 0 Å². The molecule has 1 aromatic heterocycles. The summed E-state index contributed by atoms with van der Waals surface area (Å²) in [4.78, 5) is 0. The molecule has 2 rings (SSSR count). The highest BCUT2D eigenvalue weighted by molar-refractivity contribution is 5.21. The maximum atomic E-state index is 4.33. The molecule has 2 heterocycles. The SMILES string of the molecule is Cc1c(C(C)C2CCNCC2)cnn1C. The lowest BCUT2D eigenvalue weighted by Gasteiger charge is -2.28. The zero-order valence-electron chi connectivity index (χ0n) is 9.95. The van der Waals surface area contributed by atoms with Crippen molar-refractivity contribution in [2.45, 2.75) is 32.6 Å². The van der Waals surface area contributed by atoms with E-state index in [2.05, 4.69) is 24.3 Å². The number of hydrogen-bond donors (Lipinski definition) is 1. The molecule has 0 spiro atoms. The summed E-state index contributed by atoms with van der Waals surface area (Å²) in [5.74, 6) is 1.48. The van der Waals surface area contributed by atoms with Crippen LogP contribution in [-0.4, -0.2) is 22.9 Å². The van der Waals surface area contributed by atoms with Gasteiger partial charge in [0.15, 0.2) is 0 Å². The summed E-state index contributed by atoms with van der Waals surface area (Å²) in [5.41, 5.74) is 2.76. The fourth-order valence-corrected chi connectivity index (χ4v) is 2.56. The van der Waals surface area contributed by atoms with Gasteiger partial charge in [-0.15, -0.1) is 0 Å². The number of hydrogen-bond acceptors (Lipinski definition) is 2. The summed E-state index contributed by atoms with van der Waals surface area (Å²) in [6.45, 7) is 6.86. The molecule has 1 aliphatic heterocycles. The first-order chi connectivity index (χ1) is 7.20. The van der Waals surface area contributed by atoms with Crippen molar-refractivity contribution in [3.63, 3.8) is 0 Å². The lowest BCUT2D eigenvalue weighted by molar-refractivity contribution is 0.329. The normalized spacial score (nSPS) is 20.5. The Labute approximate surface area is 91.9 Å². The van der Waals surface area contributed by atoms with Crippen LogP contribution in [0, 0.1) is 12.8 Å². The third-order valence-corrected chi connectivity index (χ3v) is 3.85. The number of nitrogens with zero attached hydrogens (tertiary/aromatic N) is 2. The van der Waals surface area contributed by atoms with Crippen molar-refractivity contribution in [2.24, 2.45) is 13.0 Å². The Bertz CT molecular complexity index is 324. The number of nitrogens with one attached hydrogen (secondary N) is 1. The van der Waals surface area contributed by atoms with Gasteiger partial charge in [0.05, 0.1) is 6.20 Å². The van der Waals surface area contributed by atoms with Crippen molar-refractivity contribution in [3.8, 4) is 0 Å². The van der Waals surface area contributed by atoms with Crippen molar-refractivity contribution >= 4 is 0 Å². The summed E-state index contributed by atoms with van der Waals surface area (Å²) < 4.78 is 1.98. The first-order valence-corrected chi connectivity index (χ1v) is 5.89. The van der Waals surface area contributed by atoms with Crippen molar-refractivity contribution in [1.29, 1.82) is 0 Å². The van der Waals surface area contributed by atoms with Gasteiger partial charge in [-0.25, -0.2) is 0 Å². The van der Waals surface area contributed by atoms with Gasteiger partial charge in [0.1, 0.15) is 0 Å². The van der Waals surface area contributed by atoms with Gasteiger partial charge < -0.3 is 5.32 Å². The second-order valence-electron chi connectivity index (χ2n) is 4.69. The minimum atomic E-state index is 0.654. The zero-order chi connectivity index (χ0) is 10.8. The van der Waals surface area contributed by atoms with Gasteiger partial charge in [0.2, 0.25) is 0 Å². The van der Waals surface area contributed by atoms with Crippen molar-refractivity contribution in [1.82, 2.24) is 15.1 Å². The van der Waals surface area contributed by atoms with E-state index in [1.807, 2.05) is 17.9 Å². The van der Waals surface area contributed by atoms with Crippen molar-refractivity contribution < 1.29 is 0 Å². The highest BCUT2D eigenvalue weighted by Gasteiger charge is 2.23. The molecule has 1 unspecified atom stereocenters. The summed E-state index contributed by atoms with van der Waals surface area (Å²) in [5, 5.41) is 7.75. The number of aromatic nitrogens is 2. The van der Waals surface area contributed by atoms with Gasteiger partial charge in [-0.05, 0) is 50.3 Å². The molecule has 0 aromatic carbocycles. The minimum absolute atomic E-state index is 0.654. The molecule has 1 atom stereocenters. The Morgan fingerprint density at radius 2 is 2.13 bits per heavy atom. The molecule has 3 nitrogen and oxygen atoms in total. The Balaban J connectivity index is 2.12. The monoisotopic (exact) mass is 207 g/mol. The smallest absolute Gasteiger partial charge is 0.0527 e. The summed E-state index contributed by atoms with van der Waals surface area (Å²) in [7, 11) is 2.02. The van der Waals surface area contributed by atoms with Gasteiger partial charge in [-0.1, -0.05) is 6.92 Å². The molecule has 1 aromatic rings. The average Bonchev–Trinajstić information content (AvgIpc) is 2.60. The number of piperidine rings is 1. The van der Waals surface area contributed by atoms with Crippen LogP contribution in [0.15, 0.2) is 6.20 Å². The molecule has 0 amide bonds. The molecule has 3 heteroatoms. The van der Waals surface area contributed by atoms with E-state index < -0.39 is 0 Å². The zero-order valence-corrected chi connectivity index (χ0v) is 9.95. The molecule has 15 heavy (non-hydrogen) atoms. The molecule has 1 N–H and O–H groups in total. The van der Waals surface area contributed by atoms with E-state index in [1.54, 1.807) is 0 Å². The Hall–Kier alpha value is -0.830. The first kappa shape index (κ1) is 10.7. The van der Waals surface area contributed by atoms with E-state index in [-0.39, 0.29) is 0 Å². The van der Waals surface area contributed by atoms with Gasteiger partial charge in [-0.2, -0.15) is 5.10 Å². The molecule has 0 bridgehead atoms. The standard InChI is InChI=1S/C12H21N3/c1-9(11-4-6-13-7-5-11)12-8-14-15(3)10(12)2/h8-9,11,13H,4-7H2,1-3H3. The van der Waals surface area contributed by atoms with Gasteiger partial charge >= 0.3 is 0 Å². The lowest BCUT2D eigenvalue weighted by Crippen LogP contribution is -2.30. The molecule has 1 fully saturated rings. The van der Waals surface area contributed by atoms with E-state index in [1.165, 1.54) is 37.2 Å². The van der Waals surface area contributed by atoms with Crippen LogP contribution in [0.1, 0.15) is 36.9 Å². The van der Waals surface area contributed by atoms with Crippen LogP contribution < -0.4 is 5.32 Å². The maximum Gasteiger partial charge on any atom is 0.0527 e. The van der Waals surface area contributed by atoms with Crippen LogP contribution in [0.4, 0.5) is 0 Å². The van der Waals surface area contributed by atoms with Crippen LogP contribution in [0.25, 0.3) is 0 Å². The van der Waals surface area contributed by atoms with Crippen LogP contribution in [0.3, 0.4) is 0 Å². The fourth-order valence-electron chi connectivity index (χ4n) is 2.56. The summed E-state index contributed by atoms with van der Waals surface area (Å²) in [6, 6.07) is 0. The molecule has 1 saturated heterocycles. The number of aryl methyl sites for hydroxylation is 1. The second-order valence-corrected chi connectivity index (χ2v) is 4.69. The lowest BCUT2D eigenvalue weighted by atomic mass is 9.82. The quantitative estimate of drug-likeness (QED) is 0.802. The van der Waals surface area contributed by atoms with Crippen LogP contribution in [-0.2, 0) is 7.05 Å². The predicted octanol–water partition coefficient (Wildman–Crippen LogP) is 1.83. The van der Waals surface area contributed by atoms with E-state index in [0.717, 1.165) is 5.92 Å². The minimum Gasteiger partial charge on any atom is -0.317 e.